The van der Waals surface area contributed by atoms with Crippen LogP contribution in [0, 0.1) is 0 Å². The zero-order valence-corrected chi connectivity index (χ0v) is 19.7. The fraction of sp³-hybridized carbons (Fsp3) is 0.429. The molecule has 3 aromatic rings. The first-order valence-electron chi connectivity index (χ1n) is 9.98. The Morgan fingerprint density at radius 2 is 2.06 bits per heavy atom. The lowest BCUT2D eigenvalue weighted by Crippen LogP contribution is -2.52. The van der Waals surface area contributed by atoms with E-state index in [9.17, 15) is 13.2 Å². The molecule has 0 radical (unpaired) electrons. The molecule has 0 saturated carbocycles. The van der Waals surface area contributed by atoms with Crippen LogP contribution in [0.4, 0.5) is 0 Å². The number of ether oxygens (including phenoxy) is 1. The van der Waals surface area contributed by atoms with Gasteiger partial charge in [-0.1, -0.05) is 0 Å². The fourth-order valence-corrected chi connectivity index (χ4v) is 6.13. The van der Waals surface area contributed by atoms with Gasteiger partial charge in [-0.15, -0.1) is 11.3 Å². The molecule has 1 fully saturated rings. The summed E-state index contributed by atoms with van der Waals surface area (Å²) >= 11 is 1.60. The normalized spacial score (nSPS) is 18.5. The first-order valence-corrected chi connectivity index (χ1v) is 12.6. The van der Waals surface area contributed by atoms with Gasteiger partial charge < -0.3 is 9.30 Å². The van der Waals surface area contributed by atoms with E-state index in [0.717, 1.165) is 20.7 Å². The van der Waals surface area contributed by atoms with Crippen molar-refractivity contribution in [2.75, 3.05) is 33.0 Å². The minimum Gasteiger partial charge on any atom is -0.494 e. The number of fused-ring (bicyclic) bond motifs is 1. The van der Waals surface area contributed by atoms with Crippen molar-refractivity contribution >= 4 is 31.4 Å². The number of pyridine rings is 2. The van der Waals surface area contributed by atoms with Crippen molar-refractivity contribution < 1.29 is 13.2 Å². The van der Waals surface area contributed by atoms with Crippen LogP contribution >= 0.6 is 11.3 Å². The van der Waals surface area contributed by atoms with E-state index in [0.29, 0.717) is 37.3 Å². The number of thiophene rings is 1. The average Bonchev–Trinajstić information content (AvgIpc) is 3.15. The van der Waals surface area contributed by atoms with Crippen LogP contribution in [0.1, 0.15) is 11.8 Å². The van der Waals surface area contributed by atoms with Gasteiger partial charge in [0.05, 0.1) is 24.9 Å². The molecule has 8 nitrogen and oxygen atoms in total. The molecule has 0 unspecified atom stereocenters. The number of sulfonamides is 1. The number of aryl methyl sites for hydroxylation is 1. The summed E-state index contributed by atoms with van der Waals surface area (Å²) in [5.41, 5.74) is 1.79. The van der Waals surface area contributed by atoms with E-state index in [2.05, 4.69) is 9.88 Å². The highest BCUT2D eigenvalue weighted by Crippen LogP contribution is 2.37. The average molecular weight is 463 g/mol. The lowest BCUT2D eigenvalue weighted by Gasteiger charge is -2.38. The van der Waals surface area contributed by atoms with Crippen LogP contribution in [0.2, 0.25) is 0 Å². The minimum absolute atomic E-state index is 0.0378. The Morgan fingerprint density at radius 1 is 1.29 bits per heavy atom. The standard InChI is InChI=1S/C21H26N4O4S2/c1-14-11-25(31(4,27)28)8-7-24(14)12-15-9-17-20(30-15)18(13-23(2)21(17)26)16-5-6-22-10-19(16)29-3/h5-6,9-10,13-14H,7-8,11-12H2,1-4H3/t14-/m1/s1. The molecule has 1 atom stereocenters. The Morgan fingerprint density at radius 3 is 2.74 bits per heavy atom. The van der Waals surface area contributed by atoms with Crippen molar-refractivity contribution in [1.29, 1.82) is 0 Å². The van der Waals surface area contributed by atoms with Crippen LogP contribution in [0.3, 0.4) is 0 Å². The van der Waals surface area contributed by atoms with Gasteiger partial charge in [-0.2, -0.15) is 4.31 Å². The summed E-state index contributed by atoms with van der Waals surface area (Å²) in [7, 11) is 0.180. The molecule has 0 N–H and O–H groups in total. The molecule has 0 spiro atoms. The second-order valence-electron chi connectivity index (χ2n) is 7.93. The van der Waals surface area contributed by atoms with Crippen LogP contribution in [0.15, 0.2) is 35.5 Å². The van der Waals surface area contributed by atoms with E-state index < -0.39 is 10.0 Å². The Balaban J connectivity index is 1.70. The van der Waals surface area contributed by atoms with E-state index in [1.165, 1.54) is 10.6 Å². The zero-order chi connectivity index (χ0) is 22.3. The molecule has 3 aromatic heterocycles. The summed E-state index contributed by atoms with van der Waals surface area (Å²) in [6, 6.07) is 3.95. The van der Waals surface area contributed by atoms with Gasteiger partial charge in [0, 0.05) is 72.4 Å². The van der Waals surface area contributed by atoms with Crippen LogP contribution in [-0.4, -0.2) is 66.2 Å². The lowest BCUT2D eigenvalue weighted by atomic mass is 10.1. The van der Waals surface area contributed by atoms with Gasteiger partial charge >= 0.3 is 0 Å². The number of aromatic nitrogens is 2. The molecule has 31 heavy (non-hydrogen) atoms. The van der Waals surface area contributed by atoms with Gasteiger partial charge in [0.25, 0.3) is 5.56 Å². The van der Waals surface area contributed by atoms with Crippen molar-refractivity contribution in [3.8, 4) is 16.9 Å². The summed E-state index contributed by atoms with van der Waals surface area (Å²) in [6.45, 7) is 4.33. The summed E-state index contributed by atoms with van der Waals surface area (Å²) in [5.74, 6) is 0.655. The molecule has 0 bridgehead atoms. The summed E-state index contributed by atoms with van der Waals surface area (Å²) < 4.78 is 33.3. The maximum atomic E-state index is 12.8. The van der Waals surface area contributed by atoms with Gasteiger partial charge in [-0.3, -0.25) is 14.7 Å². The van der Waals surface area contributed by atoms with E-state index in [4.69, 9.17) is 4.74 Å². The topological polar surface area (TPSA) is 84.7 Å². The summed E-state index contributed by atoms with van der Waals surface area (Å²) in [6.07, 6.45) is 6.48. The quantitative estimate of drug-likeness (QED) is 0.578. The maximum Gasteiger partial charge on any atom is 0.259 e. The second kappa shape index (κ2) is 8.34. The molecule has 1 aliphatic heterocycles. The number of rotatable bonds is 5. The SMILES string of the molecule is COc1cnccc1-c1cn(C)c(=O)c2cc(CN3CCN(S(C)(=O)=O)C[C@H]3C)sc12. The van der Waals surface area contributed by atoms with E-state index in [1.807, 2.05) is 25.3 Å². The predicted octanol–water partition coefficient (Wildman–Crippen LogP) is 2.14. The highest BCUT2D eigenvalue weighted by Gasteiger charge is 2.29. The highest BCUT2D eigenvalue weighted by atomic mass is 32.2. The monoisotopic (exact) mass is 462 g/mol. The third kappa shape index (κ3) is 4.25. The van der Waals surface area contributed by atoms with Crippen molar-refractivity contribution in [1.82, 2.24) is 18.8 Å². The third-order valence-electron chi connectivity index (χ3n) is 5.75. The van der Waals surface area contributed by atoms with Crippen LogP contribution in [0.5, 0.6) is 5.75 Å². The molecule has 10 heteroatoms. The van der Waals surface area contributed by atoms with Gasteiger partial charge in [0.2, 0.25) is 10.0 Å². The van der Waals surface area contributed by atoms with Gasteiger partial charge in [-0.25, -0.2) is 8.42 Å². The van der Waals surface area contributed by atoms with Crippen LogP contribution < -0.4 is 10.3 Å². The number of methoxy groups -OCH3 is 1. The first-order chi connectivity index (χ1) is 14.7. The first kappa shape index (κ1) is 21.9. The number of hydrogen-bond acceptors (Lipinski definition) is 7. The molecule has 0 aliphatic carbocycles. The van der Waals surface area contributed by atoms with Crippen LogP contribution in [-0.2, 0) is 23.6 Å². The van der Waals surface area contributed by atoms with E-state index >= 15 is 0 Å². The Bertz CT molecular complexity index is 1280. The zero-order valence-electron chi connectivity index (χ0n) is 18.0. The predicted molar refractivity (Wildman–Crippen MR) is 123 cm³/mol. The molecule has 0 amide bonds. The Labute approximate surface area is 185 Å². The summed E-state index contributed by atoms with van der Waals surface area (Å²) in [5, 5.41) is 0.682. The Kier molecular flexibility index (Phi) is 5.91. The smallest absolute Gasteiger partial charge is 0.259 e. The molecule has 0 aromatic carbocycles. The van der Waals surface area contributed by atoms with Crippen LogP contribution in [0.25, 0.3) is 21.2 Å². The van der Waals surface area contributed by atoms with Crippen molar-refractivity contribution in [3.05, 3.63) is 46.0 Å². The molecule has 4 rings (SSSR count). The highest BCUT2D eigenvalue weighted by molar-refractivity contribution is 7.88. The van der Waals surface area contributed by atoms with Gasteiger partial charge in [0.15, 0.2) is 0 Å². The second-order valence-corrected chi connectivity index (χ2v) is 11.0. The molecule has 1 saturated heterocycles. The van der Waals surface area contributed by atoms with Crippen molar-refractivity contribution in [2.24, 2.45) is 7.05 Å². The number of piperazine rings is 1. The van der Waals surface area contributed by atoms with E-state index in [-0.39, 0.29) is 11.6 Å². The maximum absolute atomic E-state index is 12.8. The third-order valence-corrected chi connectivity index (χ3v) is 8.17. The molecular formula is C21H26N4O4S2. The molecule has 1 aliphatic rings. The Hall–Kier alpha value is -2.27. The van der Waals surface area contributed by atoms with Gasteiger partial charge in [0.1, 0.15) is 5.75 Å². The number of hydrogen-bond donors (Lipinski definition) is 0. The molecule has 4 heterocycles. The van der Waals surface area contributed by atoms with Crippen molar-refractivity contribution in [3.63, 3.8) is 0 Å². The fourth-order valence-electron chi connectivity index (χ4n) is 4.03. The summed E-state index contributed by atoms with van der Waals surface area (Å²) in [4.78, 5) is 20.3. The minimum atomic E-state index is -3.18. The van der Waals surface area contributed by atoms with Crippen molar-refractivity contribution in [2.45, 2.75) is 19.5 Å². The lowest BCUT2D eigenvalue weighted by molar-refractivity contribution is 0.123. The van der Waals surface area contributed by atoms with E-state index in [1.54, 1.807) is 42.5 Å². The largest absolute Gasteiger partial charge is 0.494 e. The molecular weight excluding hydrogens is 436 g/mol. The molecule has 166 valence electrons. The van der Waals surface area contributed by atoms with Gasteiger partial charge in [-0.05, 0) is 19.1 Å². The number of nitrogens with zero attached hydrogens (tertiary/aromatic N) is 4.